The van der Waals surface area contributed by atoms with E-state index in [0.29, 0.717) is 42.9 Å². The Kier molecular flexibility index (Phi) is 9.31. The van der Waals surface area contributed by atoms with Gasteiger partial charge in [0.05, 0.1) is 6.10 Å². The summed E-state index contributed by atoms with van der Waals surface area (Å²) in [4.78, 5) is 23.0. The quantitative estimate of drug-likeness (QED) is 0.423. The molecule has 4 N–H and O–H groups in total. The van der Waals surface area contributed by atoms with Gasteiger partial charge in [0.1, 0.15) is 11.5 Å². The summed E-state index contributed by atoms with van der Waals surface area (Å²) in [5, 5.41) is 30.9. The van der Waals surface area contributed by atoms with E-state index in [1.54, 1.807) is 24.3 Å². The highest BCUT2D eigenvalue weighted by atomic mass is 16.5. The van der Waals surface area contributed by atoms with Gasteiger partial charge in [-0.15, -0.1) is 0 Å². The molecule has 3 atom stereocenters. The predicted molar refractivity (Wildman–Crippen MR) is 113 cm³/mol. The molecule has 7 nitrogen and oxygen atoms in total. The third-order valence-corrected chi connectivity index (χ3v) is 4.73. The minimum atomic E-state index is -1.37. The van der Waals surface area contributed by atoms with E-state index in [1.807, 2.05) is 37.3 Å². The smallest absolute Gasteiger partial charge is 0.332 e. The molecule has 1 amide bonds. The van der Waals surface area contributed by atoms with Gasteiger partial charge in [-0.3, -0.25) is 4.79 Å². The normalized spacial score (nSPS) is 13.8. The number of para-hydroxylation sites is 1. The van der Waals surface area contributed by atoms with Crippen LogP contribution in [-0.2, 0) is 4.79 Å². The Bertz CT molecular complexity index is 810. The molecule has 2 aromatic carbocycles. The van der Waals surface area contributed by atoms with E-state index in [9.17, 15) is 19.8 Å². The first-order valence-electron chi connectivity index (χ1n) is 10.0. The van der Waals surface area contributed by atoms with E-state index in [-0.39, 0.29) is 18.2 Å². The number of nitrogens with one attached hydrogen (secondary N) is 1. The molecule has 2 aromatic rings. The molecule has 0 spiro atoms. The maximum atomic E-state index is 12.4. The van der Waals surface area contributed by atoms with Gasteiger partial charge in [-0.1, -0.05) is 31.2 Å². The number of aliphatic hydroxyl groups is 2. The lowest BCUT2D eigenvalue weighted by Gasteiger charge is -2.17. The Labute approximate surface area is 176 Å². The fourth-order valence-corrected chi connectivity index (χ4v) is 3.05. The zero-order valence-electron chi connectivity index (χ0n) is 17.0. The molecule has 0 saturated heterocycles. The first-order chi connectivity index (χ1) is 14.3. The van der Waals surface area contributed by atoms with Crippen LogP contribution in [0.5, 0.6) is 11.5 Å². The summed E-state index contributed by atoms with van der Waals surface area (Å²) in [6.45, 7) is 2.21. The zero-order chi connectivity index (χ0) is 21.9. The van der Waals surface area contributed by atoms with E-state index in [1.165, 1.54) is 0 Å². The second kappa shape index (κ2) is 11.9. The van der Waals surface area contributed by atoms with Crippen LogP contribution in [0.15, 0.2) is 54.6 Å². The van der Waals surface area contributed by atoms with E-state index in [4.69, 9.17) is 9.84 Å². The number of rotatable bonds is 12. The molecule has 30 heavy (non-hydrogen) atoms. The summed E-state index contributed by atoms with van der Waals surface area (Å²) in [5.74, 6) is -0.173. The second-order valence-corrected chi connectivity index (χ2v) is 7.41. The number of aliphatic carboxylic acids is 1. The Hall–Kier alpha value is -2.90. The van der Waals surface area contributed by atoms with E-state index in [2.05, 4.69) is 5.32 Å². The molecule has 162 valence electrons. The number of hydrogen-bond donors (Lipinski definition) is 4. The Morgan fingerprint density at radius 1 is 0.967 bits per heavy atom. The van der Waals surface area contributed by atoms with E-state index < -0.39 is 18.2 Å². The van der Waals surface area contributed by atoms with Gasteiger partial charge < -0.3 is 25.4 Å². The second-order valence-electron chi connectivity index (χ2n) is 7.41. The van der Waals surface area contributed by atoms with E-state index >= 15 is 0 Å². The summed E-state index contributed by atoms with van der Waals surface area (Å²) in [6, 6.07) is 16.2. The van der Waals surface area contributed by atoms with Crippen LogP contribution in [0.1, 0.15) is 43.0 Å². The Balaban J connectivity index is 1.73. The van der Waals surface area contributed by atoms with Crippen molar-refractivity contribution in [3.8, 4) is 11.5 Å². The average Bonchev–Trinajstić information content (AvgIpc) is 2.72. The monoisotopic (exact) mass is 415 g/mol. The molecule has 3 unspecified atom stereocenters. The van der Waals surface area contributed by atoms with Gasteiger partial charge in [-0.25, -0.2) is 4.79 Å². The molecule has 2 rings (SSSR count). The predicted octanol–water partition coefficient (Wildman–Crippen LogP) is 3.21. The van der Waals surface area contributed by atoms with Crippen molar-refractivity contribution in [2.24, 2.45) is 5.92 Å². The number of amides is 1. The van der Waals surface area contributed by atoms with Gasteiger partial charge in [0.2, 0.25) is 0 Å². The van der Waals surface area contributed by atoms with Gasteiger partial charge in [0.25, 0.3) is 5.91 Å². The van der Waals surface area contributed by atoms with Crippen LogP contribution in [0.4, 0.5) is 0 Å². The standard InChI is InChI=1S/C23H29NO6/c1-16(10-11-21(26)23(28)29)14-18(25)12-13-24-22(27)17-6-5-9-20(15-17)30-19-7-3-2-4-8-19/h2-9,15-16,18,21,25-26H,10-14H2,1H3,(H,24,27)(H,28,29). The molecule has 0 radical (unpaired) electrons. The molecule has 0 heterocycles. The minimum Gasteiger partial charge on any atom is -0.479 e. The fourth-order valence-electron chi connectivity index (χ4n) is 3.05. The van der Waals surface area contributed by atoms with Crippen molar-refractivity contribution in [2.75, 3.05) is 6.54 Å². The first-order valence-corrected chi connectivity index (χ1v) is 10.0. The topological polar surface area (TPSA) is 116 Å². The van der Waals surface area contributed by atoms with Gasteiger partial charge in [0.15, 0.2) is 6.10 Å². The summed E-state index contributed by atoms with van der Waals surface area (Å²) < 4.78 is 5.74. The number of hydrogen-bond acceptors (Lipinski definition) is 5. The molecule has 0 aliphatic heterocycles. The third-order valence-electron chi connectivity index (χ3n) is 4.73. The highest BCUT2D eigenvalue weighted by Crippen LogP contribution is 2.22. The number of ether oxygens (including phenoxy) is 1. The van der Waals surface area contributed by atoms with Gasteiger partial charge in [0, 0.05) is 12.1 Å². The Morgan fingerprint density at radius 3 is 2.37 bits per heavy atom. The molecule has 0 aliphatic carbocycles. The summed E-state index contributed by atoms with van der Waals surface area (Å²) in [7, 11) is 0. The average molecular weight is 415 g/mol. The zero-order valence-corrected chi connectivity index (χ0v) is 17.0. The molecule has 0 aromatic heterocycles. The lowest BCUT2D eigenvalue weighted by molar-refractivity contribution is -0.147. The third kappa shape index (κ3) is 8.23. The Morgan fingerprint density at radius 2 is 1.67 bits per heavy atom. The van der Waals surface area contributed by atoms with Gasteiger partial charge >= 0.3 is 5.97 Å². The van der Waals surface area contributed by atoms with Crippen LogP contribution in [0.2, 0.25) is 0 Å². The van der Waals surface area contributed by atoms with Crippen molar-refractivity contribution >= 4 is 11.9 Å². The van der Waals surface area contributed by atoms with Gasteiger partial charge in [-0.05, 0) is 61.9 Å². The lowest BCUT2D eigenvalue weighted by Crippen LogP contribution is -2.28. The van der Waals surface area contributed by atoms with Crippen molar-refractivity contribution in [3.63, 3.8) is 0 Å². The van der Waals surface area contributed by atoms with Gasteiger partial charge in [-0.2, -0.15) is 0 Å². The van der Waals surface area contributed by atoms with Crippen LogP contribution in [0.25, 0.3) is 0 Å². The fraction of sp³-hybridized carbons (Fsp3) is 0.391. The number of benzene rings is 2. The van der Waals surface area contributed by atoms with Crippen LogP contribution >= 0.6 is 0 Å². The number of carbonyl (C=O) groups is 2. The van der Waals surface area contributed by atoms with Crippen LogP contribution < -0.4 is 10.1 Å². The van der Waals surface area contributed by atoms with Crippen LogP contribution in [0.3, 0.4) is 0 Å². The highest BCUT2D eigenvalue weighted by Gasteiger charge is 2.17. The SMILES string of the molecule is CC(CCC(O)C(=O)O)CC(O)CCNC(=O)c1cccc(Oc2ccccc2)c1. The summed E-state index contributed by atoms with van der Waals surface area (Å²) in [6.07, 6.45) is -0.465. The largest absolute Gasteiger partial charge is 0.479 e. The summed E-state index contributed by atoms with van der Waals surface area (Å²) in [5.41, 5.74) is 0.467. The molecule has 0 fully saturated rings. The molecular formula is C23H29NO6. The number of carboxylic acid groups (broad SMARTS) is 1. The van der Waals surface area contributed by atoms with Crippen molar-refractivity contribution in [1.82, 2.24) is 5.32 Å². The number of aliphatic hydroxyl groups excluding tert-OH is 2. The highest BCUT2D eigenvalue weighted by molar-refractivity contribution is 5.94. The molecule has 7 heteroatoms. The van der Waals surface area contributed by atoms with Crippen molar-refractivity contribution < 1.29 is 29.6 Å². The maximum absolute atomic E-state index is 12.4. The van der Waals surface area contributed by atoms with E-state index in [0.717, 1.165) is 0 Å². The molecule has 0 saturated carbocycles. The first kappa shape index (κ1) is 23.4. The summed E-state index contributed by atoms with van der Waals surface area (Å²) >= 11 is 0. The molecule has 0 aliphatic rings. The van der Waals surface area contributed by atoms with Crippen molar-refractivity contribution in [1.29, 1.82) is 0 Å². The maximum Gasteiger partial charge on any atom is 0.332 e. The molecular weight excluding hydrogens is 386 g/mol. The minimum absolute atomic E-state index is 0.0662. The lowest BCUT2D eigenvalue weighted by atomic mass is 9.95. The molecule has 0 bridgehead atoms. The number of carboxylic acids is 1. The van der Waals surface area contributed by atoms with Crippen LogP contribution in [-0.4, -0.2) is 45.9 Å². The van der Waals surface area contributed by atoms with Crippen molar-refractivity contribution in [3.05, 3.63) is 60.2 Å². The van der Waals surface area contributed by atoms with Crippen molar-refractivity contribution in [2.45, 2.75) is 44.8 Å². The number of carbonyl (C=O) groups excluding carboxylic acids is 1. The van der Waals surface area contributed by atoms with Crippen LogP contribution in [0, 0.1) is 5.92 Å².